The second-order valence-electron chi connectivity index (χ2n) is 6.09. The normalized spacial score (nSPS) is 11.2. The van der Waals surface area contributed by atoms with Gasteiger partial charge in [0, 0.05) is 32.9 Å². The average molecular weight is 395 g/mol. The number of hydrogen-bond donors (Lipinski definition) is 2. The van der Waals surface area contributed by atoms with Crippen molar-refractivity contribution in [3.8, 4) is 17.4 Å². The lowest BCUT2D eigenvalue weighted by molar-refractivity contribution is 0.339. The summed E-state index contributed by atoms with van der Waals surface area (Å²) in [5.41, 5.74) is 1.02. The maximum absolute atomic E-state index is 5.84. The van der Waals surface area contributed by atoms with Gasteiger partial charge in [-0.2, -0.15) is 5.10 Å². The van der Waals surface area contributed by atoms with Gasteiger partial charge in [0.25, 0.3) is 0 Å². The third-order valence-electron chi connectivity index (χ3n) is 4.06. The van der Waals surface area contributed by atoms with E-state index in [4.69, 9.17) is 9.47 Å². The standard InChI is InChI=1S/C20H25N7O2/c1-4-28-16-5-7-17(8-6-16)29-19-11-15(9-10-22-19)12-23-20(21-2)24-13-18-25-14-26-27(18)3/h5-11,14H,4,12-13H2,1-3H3,(H2,21,23,24). The largest absolute Gasteiger partial charge is 0.494 e. The van der Waals surface area contributed by atoms with Gasteiger partial charge in [-0.05, 0) is 42.8 Å². The third kappa shape index (κ3) is 5.93. The van der Waals surface area contributed by atoms with Crippen LogP contribution >= 0.6 is 0 Å². The Balaban J connectivity index is 1.54. The van der Waals surface area contributed by atoms with Crippen LogP contribution in [0, 0.1) is 0 Å². The van der Waals surface area contributed by atoms with Gasteiger partial charge < -0.3 is 20.1 Å². The topological polar surface area (TPSA) is 98.5 Å². The molecule has 0 saturated heterocycles. The molecule has 9 heteroatoms. The minimum Gasteiger partial charge on any atom is -0.494 e. The molecule has 2 N–H and O–H groups in total. The van der Waals surface area contributed by atoms with E-state index in [2.05, 4.69) is 30.7 Å². The van der Waals surface area contributed by atoms with Gasteiger partial charge in [0.1, 0.15) is 23.7 Å². The molecule has 0 amide bonds. The summed E-state index contributed by atoms with van der Waals surface area (Å²) in [6, 6.07) is 11.3. The lowest BCUT2D eigenvalue weighted by Crippen LogP contribution is -2.36. The van der Waals surface area contributed by atoms with Crippen LogP contribution in [0.2, 0.25) is 0 Å². The first-order chi connectivity index (χ1) is 14.2. The predicted molar refractivity (Wildman–Crippen MR) is 110 cm³/mol. The van der Waals surface area contributed by atoms with Gasteiger partial charge in [0.2, 0.25) is 5.88 Å². The first-order valence-corrected chi connectivity index (χ1v) is 9.31. The Morgan fingerprint density at radius 1 is 1.07 bits per heavy atom. The summed E-state index contributed by atoms with van der Waals surface area (Å²) in [4.78, 5) is 12.7. The Hall–Kier alpha value is -3.62. The summed E-state index contributed by atoms with van der Waals surface area (Å²) in [7, 11) is 3.57. The molecule has 9 nitrogen and oxygen atoms in total. The Morgan fingerprint density at radius 2 is 1.83 bits per heavy atom. The molecule has 0 unspecified atom stereocenters. The van der Waals surface area contributed by atoms with Crippen LogP contribution in [0.4, 0.5) is 0 Å². The van der Waals surface area contributed by atoms with Crippen molar-refractivity contribution < 1.29 is 9.47 Å². The molecule has 0 atom stereocenters. The van der Waals surface area contributed by atoms with E-state index < -0.39 is 0 Å². The summed E-state index contributed by atoms with van der Waals surface area (Å²) in [6.45, 7) is 3.68. The Morgan fingerprint density at radius 3 is 2.52 bits per heavy atom. The molecule has 0 saturated carbocycles. The zero-order valence-corrected chi connectivity index (χ0v) is 16.8. The van der Waals surface area contributed by atoms with Gasteiger partial charge >= 0.3 is 0 Å². The van der Waals surface area contributed by atoms with Gasteiger partial charge in [-0.15, -0.1) is 0 Å². The van der Waals surface area contributed by atoms with E-state index in [1.54, 1.807) is 17.9 Å². The molecule has 152 valence electrons. The van der Waals surface area contributed by atoms with Crippen LogP contribution in [-0.4, -0.2) is 39.4 Å². The number of guanidine groups is 1. The first-order valence-electron chi connectivity index (χ1n) is 9.31. The van der Waals surface area contributed by atoms with Crippen LogP contribution in [0.3, 0.4) is 0 Å². The van der Waals surface area contributed by atoms with E-state index in [0.29, 0.717) is 37.3 Å². The second-order valence-corrected chi connectivity index (χ2v) is 6.09. The Kier molecular flexibility index (Phi) is 6.99. The highest BCUT2D eigenvalue weighted by atomic mass is 16.5. The smallest absolute Gasteiger partial charge is 0.219 e. The van der Waals surface area contributed by atoms with Crippen molar-refractivity contribution in [2.24, 2.45) is 12.0 Å². The van der Waals surface area contributed by atoms with Gasteiger partial charge in [0.05, 0.1) is 13.2 Å². The summed E-state index contributed by atoms with van der Waals surface area (Å²) in [6.07, 6.45) is 3.24. The number of hydrogen-bond acceptors (Lipinski definition) is 6. The van der Waals surface area contributed by atoms with E-state index in [1.807, 2.05) is 50.4 Å². The van der Waals surface area contributed by atoms with Crippen molar-refractivity contribution in [3.63, 3.8) is 0 Å². The zero-order valence-electron chi connectivity index (χ0n) is 16.8. The highest BCUT2D eigenvalue weighted by Crippen LogP contribution is 2.23. The number of benzene rings is 1. The SMILES string of the molecule is CCOc1ccc(Oc2cc(CNC(=NC)NCc3ncnn3C)ccn2)cc1. The van der Waals surface area contributed by atoms with Crippen LogP contribution in [0.15, 0.2) is 53.9 Å². The van der Waals surface area contributed by atoms with Gasteiger partial charge in [0.15, 0.2) is 5.96 Å². The summed E-state index contributed by atoms with van der Waals surface area (Å²) in [5.74, 6) is 3.52. The van der Waals surface area contributed by atoms with Crippen molar-refractivity contribution >= 4 is 5.96 Å². The third-order valence-corrected chi connectivity index (χ3v) is 4.06. The summed E-state index contributed by atoms with van der Waals surface area (Å²) in [5, 5.41) is 10.5. The number of ether oxygens (including phenoxy) is 2. The molecule has 1 aromatic carbocycles. The molecule has 0 fully saturated rings. The number of rotatable bonds is 8. The van der Waals surface area contributed by atoms with Gasteiger partial charge in [-0.3, -0.25) is 9.67 Å². The number of aliphatic imine (C=N–C) groups is 1. The second kappa shape index (κ2) is 10.1. The molecule has 3 rings (SSSR count). The van der Waals surface area contributed by atoms with E-state index in [1.165, 1.54) is 6.33 Å². The lowest BCUT2D eigenvalue weighted by Gasteiger charge is -2.12. The molecule has 3 aromatic rings. The molecular weight excluding hydrogens is 370 g/mol. The molecule has 0 spiro atoms. The van der Waals surface area contributed by atoms with Crippen molar-refractivity contribution in [1.82, 2.24) is 30.4 Å². The van der Waals surface area contributed by atoms with Crippen molar-refractivity contribution in [2.45, 2.75) is 20.0 Å². The van der Waals surface area contributed by atoms with Crippen molar-refractivity contribution in [1.29, 1.82) is 0 Å². The van der Waals surface area contributed by atoms with Crippen LogP contribution in [0.25, 0.3) is 0 Å². The lowest BCUT2D eigenvalue weighted by atomic mass is 10.2. The van der Waals surface area contributed by atoms with Crippen LogP contribution < -0.4 is 20.1 Å². The van der Waals surface area contributed by atoms with Crippen LogP contribution in [-0.2, 0) is 20.1 Å². The van der Waals surface area contributed by atoms with Crippen LogP contribution in [0.5, 0.6) is 17.4 Å². The molecule has 0 radical (unpaired) electrons. The van der Waals surface area contributed by atoms with E-state index in [-0.39, 0.29) is 0 Å². The average Bonchev–Trinajstić information content (AvgIpc) is 3.15. The maximum atomic E-state index is 5.84. The molecule has 0 bridgehead atoms. The molecular formula is C20H25N7O2. The minimum absolute atomic E-state index is 0.524. The molecule has 2 heterocycles. The number of aryl methyl sites for hydroxylation is 1. The monoisotopic (exact) mass is 395 g/mol. The molecule has 0 aliphatic carbocycles. The first kappa shape index (κ1) is 20.1. The number of nitrogens with one attached hydrogen (secondary N) is 2. The van der Waals surface area contributed by atoms with Crippen LogP contribution in [0.1, 0.15) is 18.3 Å². The molecule has 2 aromatic heterocycles. The zero-order chi connectivity index (χ0) is 20.5. The van der Waals surface area contributed by atoms with Gasteiger partial charge in [-0.25, -0.2) is 9.97 Å². The Labute approximate surface area is 169 Å². The van der Waals surface area contributed by atoms with Crippen molar-refractivity contribution in [2.75, 3.05) is 13.7 Å². The van der Waals surface area contributed by atoms with Crippen molar-refractivity contribution in [3.05, 3.63) is 60.3 Å². The van der Waals surface area contributed by atoms with E-state index in [0.717, 1.165) is 17.1 Å². The quantitative estimate of drug-likeness (QED) is 0.446. The number of aromatic nitrogens is 4. The fourth-order valence-electron chi connectivity index (χ4n) is 2.56. The van der Waals surface area contributed by atoms with E-state index >= 15 is 0 Å². The predicted octanol–water partition coefficient (Wildman–Crippen LogP) is 2.27. The minimum atomic E-state index is 0.524. The fraction of sp³-hybridized carbons (Fsp3) is 0.300. The number of pyridine rings is 1. The highest BCUT2D eigenvalue weighted by molar-refractivity contribution is 5.79. The Bertz CT molecular complexity index is 938. The molecule has 0 aliphatic rings. The summed E-state index contributed by atoms with van der Waals surface area (Å²) >= 11 is 0. The molecule has 0 aliphatic heterocycles. The maximum Gasteiger partial charge on any atom is 0.219 e. The molecule has 29 heavy (non-hydrogen) atoms. The van der Waals surface area contributed by atoms with Gasteiger partial charge in [-0.1, -0.05) is 0 Å². The summed E-state index contributed by atoms with van der Waals surface area (Å²) < 4.78 is 13.0. The fourth-order valence-corrected chi connectivity index (χ4v) is 2.56. The highest BCUT2D eigenvalue weighted by Gasteiger charge is 2.05. The van der Waals surface area contributed by atoms with E-state index in [9.17, 15) is 0 Å². The number of nitrogens with zero attached hydrogens (tertiary/aromatic N) is 5.